The molecule has 1 rings (SSSR count). The van der Waals surface area contributed by atoms with Gasteiger partial charge >= 0.3 is 6.09 Å². The minimum Gasteiger partial charge on any atom is -0.443 e. The van der Waals surface area contributed by atoms with Crippen LogP contribution in [0.1, 0.15) is 44.6 Å². The van der Waals surface area contributed by atoms with Crippen LogP contribution in [0.3, 0.4) is 0 Å². The Kier molecular flexibility index (Phi) is 5.00. The molecule has 108 valence electrons. The SMILES string of the molecule is CCn1c(C)cc(CNNC(=O)OC(C)(C)C)c1C. The van der Waals surface area contributed by atoms with E-state index >= 15 is 0 Å². The number of rotatable bonds is 4. The molecule has 0 unspecified atom stereocenters. The zero-order chi connectivity index (χ0) is 14.6. The van der Waals surface area contributed by atoms with Crippen molar-refractivity contribution in [3.8, 4) is 0 Å². The van der Waals surface area contributed by atoms with Crippen LogP contribution in [0.25, 0.3) is 0 Å². The van der Waals surface area contributed by atoms with Crippen molar-refractivity contribution in [2.45, 2.75) is 60.2 Å². The van der Waals surface area contributed by atoms with Crippen molar-refractivity contribution in [2.24, 2.45) is 0 Å². The van der Waals surface area contributed by atoms with E-state index < -0.39 is 11.7 Å². The van der Waals surface area contributed by atoms with Crippen LogP contribution >= 0.6 is 0 Å². The van der Waals surface area contributed by atoms with E-state index in [4.69, 9.17) is 4.74 Å². The highest BCUT2D eigenvalue weighted by atomic mass is 16.6. The molecule has 0 aromatic carbocycles. The standard InChI is InChI=1S/C14H25N3O2/c1-7-17-10(2)8-12(11(17)3)9-15-16-13(18)19-14(4,5)6/h8,15H,7,9H2,1-6H3,(H,16,18). The van der Waals surface area contributed by atoms with E-state index in [1.165, 1.54) is 17.0 Å². The molecule has 1 aromatic rings. The van der Waals surface area contributed by atoms with Gasteiger partial charge in [-0.05, 0) is 53.2 Å². The van der Waals surface area contributed by atoms with Gasteiger partial charge in [-0.25, -0.2) is 10.2 Å². The molecule has 0 atom stereocenters. The van der Waals surface area contributed by atoms with Gasteiger partial charge in [-0.15, -0.1) is 0 Å². The van der Waals surface area contributed by atoms with E-state index in [0.717, 1.165) is 6.54 Å². The molecule has 0 saturated heterocycles. The fraction of sp³-hybridized carbons (Fsp3) is 0.643. The molecule has 0 aliphatic rings. The summed E-state index contributed by atoms with van der Waals surface area (Å²) in [6.45, 7) is 13.3. The first kappa shape index (κ1) is 15.6. The van der Waals surface area contributed by atoms with Crippen LogP contribution in [0.4, 0.5) is 4.79 Å². The maximum absolute atomic E-state index is 11.5. The summed E-state index contributed by atoms with van der Waals surface area (Å²) >= 11 is 0. The topological polar surface area (TPSA) is 55.3 Å². The molecule has 0 aliphatic heterocycles. The number of hydrogen-bond donors (Lipinski definition) is 2. The number of hydrazine groups is 1. The van der Waals surface area contributed by atoms with Gasteiger partial charge in [0.05, 0.1) is 0 Å². The Morgan fingerprint density at radius 1 is 1.37 bits per heavy atom. The van der Waals surface area contributed by atoms with Crippen molar-refractivity contribution < 1.29 is 9.53 Å². The summed E-state index contributed by atoms with van der Waals surface area (Å²) in [6.07, 6.45) is -0.461. The maximum atomic E-state index is 11.5. The second-order valence-corrected chi connectivity index (χ2v) is 5.62. The predicted octanol–water partition coefficient (Wildman–Crippen LogP) is 2.65. The van der Waals surface area contributed by atoms with Crippen LogP contribution in [0.15, 0.2) is 6.07 Å². The summed E-state index contributed by atoms with van der Waals surface area (Å²) in [5.74, 6) is 0. The number of nitrogens with zero attached hydrogens (tertiary/aromatic N) is 1. The average Bonchev–Trinajstić information content (AvgIpc) is 2.51. The lowest BCUT2D eigenvalue weighted by atomic mass is 10.2. The highest BCUT2D eigenvalue weighted by Crippen LogP contribution is 2.14. The fourth-order valence-electron chi connectivity index (χ4n) is 2.05. The Labute approximate surface area is 115 Å². The van der Waals surface area contributed by atoms with Gasteiger partial charge < -0.3 is 9.30 Å². The van der Waals surface area contributed by atoms with Crippen molar-refractivity contribution in [1.82, 2.24) is 15.4 Å². The van der Waals surface area contributed by atoms with E-state index in [2.05, 4.69) is 42.3 Å². The van der Waals surface area contributed by atoms with Gasteiger partial charge in [0.25, 0.3) is 0 Å². The van der Waals surface area contributed by atoms with Crippen molar-refractivity contribution in [3.63, 3.8) is 0 Å². The Bertz CT molecular complexity index is 444. The summed E-state index contributed by atoms with van der Waals surface area (Å²) in [5.41, 5.74) is 8.58. The van der Waals surface area contributed by atoms with Gasteiger partial charge in [0.2, 0.25) is 0 Å². The van der Waals surface area contributed by atoms with Crippen LogP contribution in [0.5, 0.6) is 0 Å². The fourth-order valence-corrected chi connectivity index (χ4v) is 2.05. The second-order valence-electron chi connectivity index (χ2n) is 5.62. The minimum atomic E-state index is -0.482. The number of carbonyl (C=O) groups excluding carboxylic acids is 1. The maximum Gasteiger partial charge on any atom is 0.422 e. The van der Waals surface area contributed by atoms with Gasteiger partial charge in [-0.1, -0.05) is 0 Å². The molecule has 5 heteroatoms. The lowest BCUT2D eigenvalue weighted by Crippen LogP contribution is -2.40. The molecule has 0 bridgehead atoms. The zero-order valence-corrected chi connectivity index (χ0v) is 12.8. The van der Waals surface area contributed by atoms with Crippen molar-refractivity contribution in [1.29, 1.82) is 0 Å². The Hall–Kier alpha value is -1.49. The lowest BCUT2D eigenvalue weighted by molar-refractivity contribution is 0.0497. The summed E-state index contributed by atoms with van der Waals surface area (Å²) in [6, 6.07) is 2.13. The van der Waals surface area contributed by atoms with E-state index in [1.807, 2.05) is 20.8 Å². The third-order valence-corrected chi connectivity index (χ3v) is 2.86. The second kappa shape index (κ2) is 6.10. The first-order valence-electron chi connectivity index (χ1n) is 6.62. The minimum absolute atomic E-state index is 0.461. The quantitative estimate of drug-likeness (QED) is 0.825. The van der Waals surface area contributed by atoms with E-state index in [-0.39, 0.29) is 0 Å². The smallest absolute Gasteiger partial charge is 0.422 e. The number of ether oxygens (including phenoxy) is 1. The third-order valence-electron chi connectivity index (χ3n) is 2.86. The third kappa shape index (κ3) is 4.59. The largest absolute Gasteiger partial charge is 0.443 e. The van der Waals surface area contributed by atoms with Gasteiger partial charge in [-0.3, -0.25) is 5.43 Å². The molecule has 0 radical (unpaired) electrons. The van der Waals surface area contributed by atoms with Crippen molar-refractivity contribution in [2.75, 3.05) is 0 Å². The van der Waals surface area contributed by atoms with Crippen LogP contribution in [0, 0.1) is 13.8 Å². The number of amides is 1. The molecule has 5 nitrogen and oxygen atoms in total. The number of nitrogens with one attached hydrogen (secondary N) is 2. The molecule has 1 heterocycles. The van der Waals surface area contributed by atoms with Crippen LogP contribution in [-0.2, 0) is 17.8 Å². The van der Waals surface area contributed by atoms with Gasteiger partial charge in [-0.2, -0.15) is 0 Å². The average molecular weight is 267 g/mol. The molecule has 0 fully saturated rings. The zero-order valence-electron chi connectivity index (χ0n) is 12.8. The predicted molar refractivity (Wildman–Crippen MR) is 75.8 cm³/mol. The molecule has 19 heavy (non-hydrogen) atoms. The van der Waals surface area contributed by atoms with E-state index in [0.29, 0.717) is 6.54 Å². The lowest BCUT2D eigenvalue weighted by Gasteiger charge is -2.19. The normalized spacial score (nSPS) is 11.5. The Balaban J connectivity index is 2.48. The molecule has 1 amide bonds. The molecule has 2 N–H and O–H groups in total. The molecular weight excluding hydrogens is 242 g/mol. The first-order valence-corrected chi connectivity index (χ1v) is 6.62. The summed E-state index contributed by atoms with van der Waals surface area (Å²) in [5, 5.41) is 0. The summed E-state index contributed by atoms with van der Waals surface area (Å²) in [4.78, 5) is 11.5. The number of hydrogen-bond acceptors (Lipinski definition) is 3. The first-order chi connectivity index (χ1) is 8.74. The molecule has 0 saturated carbocycles. The highest BCUT2D eigenvalue weighted by molar-refractivity contribution is 5.66. The number of carbonyl (C=O) groups is 1. The summed E-state index contributed by atoms with van der Waals surface area (Å²) < 4.78 is 7.38. The highest BCUT2D eigenvalue weighted by Gasteiger charge is 2.15. The van der Waals surface area contributed by atoms with Gasteiger partial charge in [0.15, 0.2) is 0 Å². The van der Waals surface area contributed by atoms with Crippen molar-refractivity contribution in [3.05, 3.63) is 23.0 Å². The molecular formula is C14H25N3O2. The Morgan fingerprint density at radius 2 is 2.00 bits per heavy atom. The van der Waals surface area contributed by atoms with Crippen LogP contribution < -0.4 is 10.9 Å². The summed E-state index contributed by atoms with van der Waals surface area (Å²) in [7, 11) is 0. The monoisotopic (exact) mass is 267 g/mol. The van der Waals surface area contributed by atoms with E-state index in [1.54, 1.807) is 0 Å². The number of aromatic nitrogens is 1. The van der Waals surface area contributed by atoms with Crippen molar-refractivity contribution >= 4 is 6.09 Å². The van der Waals surface area contributed by atoms with Crippen LogP contribution in [0.2, 0.25) is 0 Å². The number of aryl methyl sites for hydroxylation is 1. The van der Waals surface area contributed by atoms with Gasteiger partial charge in [0, 0.05) is 24.5 Å². The van der Waals surface area contributed by atoms with Gasteiger partial charge in [0.1, 0.15) is 5.60 Å². The molecule has 1 aromatic heterocycles. The van der Waals surface area contributed by atoms with E-state index in [9.17, 15) is 4.79 Å². The van der Waals surface area contributed by atoms with Crippen LogP contribution in [-0.4, -0.2) is 16.3 Å². The molecule has 0 spiro atoms. The Morgan fingerprint density at radius 3 is 2.47 bits per heavy atom. The molecule has 0 aliphatic carbocycles.